The topological polar surface area (TPSA) is 78.5 Å². The number of para-hydroxylation sites is 1. The van der Waals surface area contributed by atoms with Crippen molar-refractivity contribution in [2.75, 3.05) is 79.2 Å². The standard InChI is InChI=1S/C31H43N5O4/c1-33-17-19-34(20-18-33)24-29(37)35-14-5-4-10-31(25-40-26-7-6-13-32-23-26)11-15-36(16-12-31)30(38)27-8-2-3-9-28(27)39-22-21-35/h2-3,6-9,13,23H,4-5,10-12,14-22,24-25H2,1H3. The molecule has 0 atom stereocenters. The van der Waals surface area contributed by atoms with Gasteiger partial charge in [0.15, 0.2) is 0 Å². The normalized spacial score (nSPS) is 21.2. The van der Waals surface area contributed by atoms with Crippen molar-refractivity contribution < 1.29 is 19.1 Å². The van der Waals surface area contributed by atoms with Crippen LogP contribution in [0.3, 0.4) is 0 Å². The fourth-order valence-corrected chi connectivity index (χ4v) is 5.99. The Morgan fingerprint density at radius 3 is 2.52 bits per heavy atom. The Labute approximate surface area is 238 Å². The molecule has 2 fully saturated rings. The van der Waals surface area contributed by atoms with Gasteiger partial charge in [0.25, 0.3) is 5.91 Å². The maximum atomic E-state index is 13.6. The Kier molecular flexibility index (Phi) is 9.54. The number of hydrogen-bond donors (Lipinski definition) is 0. The highest BCUT2D eigenvalue weighted by atomic mass is 16.5. The van der Waals surface area contributed by atoms with E-state index in [0.717, 1.165) is 64.0 Å². The third kappa shape index (κ3) is 7.31. The summed E-state index contributed by atoms with van der Waals surface area (Å²) >= 11 is 0. The Morgan fingerprint density at radius 2 is 1.75 bits per heavy atom. The number of pyridine rings is 1. The molecule has 40 heavy (non-hydrogen) atoms. The lowest BCUT2D eigenvalue weighted by Crippen LogP contribution is -2.49. The molecule has 216 valence electrons. The van der Waals surface area contributed by atoms with E-state index in [1.807, 2.05) is 46.2 Å². The van der Waals surface area contributed by atoms with Crippen LogP contribution in [0.15, 0.2) is 48.8 Å². The van der Waals surface area contributed by atoms with E-state index in [9.17, 15) is 9.59 Å². The number of piperazine rings is 1. The van der Waals surface area contributed by atoms with E-state index in [0.29, 0.717) is 57.3 Å². The summed E-state index contributed by atoms with van der Waals surface area (Å²) in [5.41, 5.74) is 0.573. The summed E-state index contributed by atoms with van der Waals surface area (Å²) in [7, 11) is 2.13. The molecule has 2 aromatic rings. The van der Waals surface area contributed by atoms with Gasteiger partial charge < -0.3 is 24.2 Å². The molecule has 6 rings (SSSR count). The Bertz CT molecular complexity index is 1110. The van der Waals surface area contributed by atoms with Crippen molar-refractivity contribution in [2.24, 2.45) is 5.41 Å². The average molecular weight is 550 g/mol. The van der Waals surface area contributed by atoms with Gasteiger partial charge in [-0.05, 0) is 57.0 Å². The van der Waals surface area contributed by atoms with Crippen molar-refractivity contribution in [3.05, 3.63) is 54.4 Å². The smallest absolute Gasteiger partial charge is 0.257 e. The first-order valence-electron chi connectivity index (χ1n) is 14.7. The minimum atomic E-state index is -0.0164. The number of hydrogen-bond acceptors (Lipinski definition) is 7. The summed E-state index contributed by atoms with van der Waals surface area (Å²) in [6.07, 6.45) is 8.21. The van der Waals surface area contributed by atoms with Crippen LogP contribution >= 0.6 is 0 Å². The lowest BCUT2D eigenvalue weighted by Gasteiger charge is -2.42. The molecule has 0 radical (unpaired) electrons. The van der Waals surface area contributed by atoms with Gasteiger partial charge in [-0.25, -0.2) is 0 Å². The molecular weight excluding hydrogens is 506 g/mol. The molecule has 4 aliphatic heterocycles. The first-order chi connectivity index (χ1) is 19.5. The molecule has 4 aliphatic rings. The molecule has 9 heteroatoms. The summed E-state index contributed by atoms with van der Waals surface area (Å²) in [6.45, 7) is 7.82. The molecule has 0 saturated carbocycles. The first kappa shape index (κ1) is 28.4. The van der Waals surface area contributed by atoms with Crippen LogP contribution in [-0.2, 0) is 4.79 Å². The van der Waals surface area contributed by atoms with Gasteiger partial charge in [-0.2, -0.15) is 0 Å². The lowest BCUT2D eigenvalue weighted by molar-refractivity contribution is -0.133. The second-order valence-corrected chi connectivity index (χ2v) is 11.5. The second kappa shape index (κ2) is 13.5. The molecule has 5 heterocycles. The van der Waals surface area contributed by atoms with Crippen molar-refractivity contribution in [1.82, 2.24) is 24.6 Å². The monoisotopic (exact) mass is 549 g/mol. The van der Waals surface area contributed by atoms with E-state index in [2.05, 4.69) is 21.8 Å². The zero-order chi connectivity index (χ0) is 27.8. The molecule has 0 unspecified atom stereocenters. The number of carbonyl (C=O) groups excluding carboxylic acids is 2. The molecule has 0 spiro atoms. The van der Waals surface area contributed by atoms with Crippen LogP contribution in [0.1, 0.15) is 42.5 Å². The van der Waals surface area contributed by atoms with Crippen molar-refractivity contribution in [1.29, 1.82) is 0 Å². The summed E-state index contributed by atoms with van der Waals surface area (Å²) in [4.78, 5) is 39.6. The van der Waals surface area contributed by atoms with Crippen molar-refractivity contribution >= 4 is 11.8 Å². The van der Waals surface area contributed by atoms with Crippen LogP contribution in [0.2, 0.25) is 0 Å². The van der Waals surface area contributed by atoms with Gasteiger partial charge in [0.05, 0.1) is 31.5 Å². The van der Waals surface area contributed by atoms with Gasteiger partial charge >= 0.3 is 0 Å². The van der Waals surface area contributed by atoms with Crippen molar-refractivity contribution in [2.45, 2.75) is 32.1 Å². The van der Waals surface area contributed by atoms with Crippen LogP contribution < -0.4 is 9.47 Å². The fourth-order valence-electron chi connectivity index (χ4n) is 5.99. The summed E-state index contributed by atoms with van der Waals surface area (Å²) in [5, 5.41) is 0. The van der Waals surface area contributed by atoms with Crippen LogP contribution in [0.4, 0.5) is 0 Å². The number of piperidine rings is 1. The third-order valence-electron chi connectivity index (χ3n) is 8.72. The maximum absolute atomic E-state index is 13.6. The number of amides is 2. The number of rotatable bonds is 5. The molecular formula is C31H43N5O4. The van der Waals surface area contributed by atoms with Crippen LogP contribution in [0, 0.1) is 5.41 Å². The van der Waals surface area contributed by atoms with Gasteiger partial charge in [0.2, 0.25) is 5.91 Å². The molecule has 0 aliphatic carbocycles. The highest BCUT2D eigenvalue weighted by molar-refractivity contribution is 5.97. The van der Waals surface area contributed by atoms with Gasteiger partial charge in [-0.15, -0.1) is 0 Å². The van der Waals surface area contributed by atoms with E-state index < -0.39 is 0 Å². The van der Waals surface area contributed by atoms with E-state index in [1.165, 1.54) is 0 Å². The number of nitrogens with zero attached hydrogens (tertiary/aromatic N) is 5. The highest BCUT2D eigenvalue weighted by Gasteiger charge is 2.37. The quantitative estimate of drug-likeness (QED) is 0.567. The van der Waals surface area contributed by atoms with E-state index >= 15 is 0 Å². The van der Waals surface area contributed by atoms with Crippen LogP contribution in [0.5, 0.6) is 11.5 Å². The third-order valence-corrected chi connectivity index (χ3v) is 8.72. The molecule has 2 bridgehead atoms. The average Bonchev–Trinajstić information content (AvgIpc) is 2.99. The number of carbonyl (C=O) groups is 2. The molecule has 9 nitrogen and oxygen atoms in total. The zero-order valence-corrected chi connectivity index (χ0v) is 23.8. The Morgan fingerprint density at radius 1 is 0.950 bits per heavy atom. The summed E-state index contributed by atoms with van der Waals surface area (Å²) in [5.74, 6) is 1.53. The van der Waals surface area contributed by atoms with E-state index in [1.54, 1.807) is 12.4 Å². The van der Waals surface area contributed by atoms with Crippen molar-refractivity contribution in [3.8, 4) is 11.5 Å². The largest absolute Gasteiger partial charge is 0.491 e. The minimum absolute atomic E-state index is 0.00949. The van der Waals surface area contributed by atoms with E-state index in [-0.39, 0.29) is 17.2 Å². The lowest BCUT2D eigenvalue weighted by atomic mass is 9.75. The Balaban J connectivity index is 1.30. The summed E-state index contributed by atoms with van der Waals surface area (Å²) < 4.78 is 12.4. The fraction of sp³-hybridized carbons (Fsp3) is 0.581. The number of benzene rings is 1. The predicted molar refractivity (Wildman–Crippen MR) is 154 cm³/mol. The van der Waals surface area contributed by atoms with E-state index in [4.69, 9.17) is 9.47 Å². The number of aromatic nitrogens is 1. The minimum Gasteiger partial charge on any atom is -0.491 e. The maximum Gasteiger partial charge on any atom is 0.257 e. The SMILES string of the molecule is CN1CCN(CC(=O)N2CCCCC3(COc4cccnc4)CCN(CC3)C(=O)c3ccccc3OCC2)CC1. The highest BCUT2D eigenvalue weighted by Crippen LogP contribution is 2.38. The number of ether oxygens (including phenoxy) is 2. The van der Waals surface area contributed by atoms with Crippen molar-refractivity contribution in [3.63, 3.8) is 0 Å². The predicted octanol–water partition coefficient (Wildman–Crippen LogP) is 3.02. The van der Waals surface area contributed by atoms with Gasteiger partial charge in [0, 0.05) is 57.4 Å². The molecule has 1 aromatic carbocycles. The van der Waals surface area contributed by atoms with Crippen LogP contribution in [0.25, 0.3) is 0 Å². The number of fused-ring (bicyclic) bond motifs is 9. The molecule has 2 amide bonds. The second-order valence-electron chi connectivity index (χ2n) is 11.5. The molecule has 1 aromatic heterocycles. The summed E-state index contributed by atoms with van der Waals surface area (Å²) in [6, 6.07) is 11.3. The zero-order valence-electron chi connectivity index (χ0n) is 23.8. The molecule has 0 N–H and O–H groups in total. The Hall–Kier alpha value is -3.17. The van der Waals surface area contributed by atoms with Crippen LogP contribution in [-0.4, -0.2) is 116 Å². The van der Waals surface area contributed by atoms with Gasteiger partial charge in [0.1, 0.15) is 18.1 Å². The molecule has 2 saturated heterocycles. The van der Waals surface area contributed by atoms with Gasteiger partial charge in [-0.3, -0.25) is 19.5 Å². The van der Waals surface area contributed by atoms with Gasteiger partial charge in [-0.1, -0.05) is 18.6 Å². The number of likely N-dealkylation sites (N-methyl/N-ethyl adjacent to an activating group) is 1. The first-order valence-corrected chi connectivity index (χ1v) is 14.7.